The topological polar surface area (TPSA) is 63.8 Å². The van der Waals surface area contributed by atoms with Gasteiger partial charge in [0.15, 0.2) is 0 Å². The fourth-order valence-electron chi connectivity index (χ4n) is 4.52. The van der Waals surface area contributed by atoms with Crippen molar-refractivity contribution in [1.29, 1.82) is 0 Å². The maximum atomic E-state index is 11.7. The van der Waals surface area contributed by atoms with Crippen molar-refractivity contribution in [2.24, 2.45) is 0 Å². The minimum Gasteiger partial charge on any atom is -0.478 e. The van der Waals surface area contributed by atoms with Gasteiger partial charge in [-0.25, -0.2) is 9.78 Å². The second-order valence-corrected chi connectivity index (χ2v) is 8.87. The number of pyridine rings is 1. The quantitative estimate of drug-likeness (QED) is 0.265. The number of carboxylic acids is 1. The Morgan fingerprint density at radius 3 is 2.39 bits per heavy atom. The Morgan fingerprint density at radius 2 is 1.67 bits per heavy atom. The first-order valence-corrected chi connectivity index (χ1v) is 12.1. The molecule has 0 amide bonds. The SMILES string of the molecule is CCc1cn2c([C@H](OCc3ccccc3)c3ccc(-c4ccccc4C(=O)O)cc3)ccc(C)c2n1. The predicted octanol–water partition coefficient (Wildman–Crippen LogP) is 6.88. The number of aromatic nitrogens is 2. The Hall–Kier alpha value is -4.22. The van der Waals surface area contributed by atoms with E-state index in [-0.39, 0.29) is 11.7 Å². The van der Waals surface area contributed by atoms with E-state index < -0.39 is 5.97 Å². The van der Waals surface area contributed by atoms with Crippen molar-refractivity contribution < 1.29 is 14.6 Å². The van der Waals surface area contributed by atoms with Gasteiger partial charge in [-0.1, -0.05) is 85.8 Å². The number of benzene rings is 3. The lowest BCUT2D eigenvalue weighted by atomic mass is 9.96. The minimum atomic E-state index is -0.937. The summed E-state index contributed by atoms with van der Waals surface area (Å²) < 4.78 is 8.69. The summed E-state index contributed by atoms with van der Waals surface area (Å²) >= 11 is 0. The van der Waals surface area contributed by atoms with E-state index in [0.717, 1.165) is 45.7 Å². The number of imidazole rings is 1. The van der Waals surface area contributed by atoms with Gasteiger partial charge in [0, 0.05) is 6.20 Å². The summed E-state index contributed by atoms with van der Waals surface area (Å²) in [5, 5.41) is 9.61. The summed E-state index contributed by atoms with van der Waals surface area (Å²) in [6.07, 6.45) is 2.61. The van der Waals surface area contributed by atoms with Crippen LogP contribution in [-0.2, 0) is 17.8 Å². The first-order chi connectivity index (χ1) is 17.5. The lowest BCUT2D eigenvalue weighted by Crippen LogP contribution is -2.11. The van der Waals surface area contributed by atoms with Crippen molar-refractivity contribution in [2.45, 2.75) is 33.0 Å². The number of aromatic carboxylic acids is 1. The molecule has 0 fully saturated rings. The van der Waals surface area contributed by atoms with E-state index in [1.54, 1.807) is 12.1 Å². The summed E-state index contributed by atoms with van der Waals surface area (Å²) in [6, 6.07) is 29.4. The Balaban J connectivity index is 1.57. The predicted molar refractivity (Wildman–Crippen MR) is 141 cm³/mol. The highest BCUT2D eigenvalue weighted by molar-refractivity contribution is 5.96. The highest BCUT2D eigenvalue weighted by atomic mass is 16.5. The third-order valence-corrected chi connectivity index (χ3v) is 6.46. The van der Waals surface area contributed by atoms with E-state index in [4.69, 9.17) is 9.72 Å². The number of carboxylic acid groups (broad SMARTS) is 1. The summed E-state index contributed by atoms with van der Waals surface area (Å²) in [6.45, 7) is 4.63. The van der Waals surface area contributed by atoms with Gasteiger partial charge in [-0.2, -0.15) is 0 Å². The van der Waals surface area contributed by atoms with E-state index in [0.29, 0.717) is 12.2 Å². The van der Waals surface area contributed by atoms with Crippen LogP contribution < -0.4 is 0 Å². The minimum absolute atomic E-state index is 0.285. The van der Waals surface area contributed by atoms with Crippen LogP contribution in [0.15, 0.2) is 97.2 Å². The molecule has 5 nitrogen and oxygen atoms in total. The molecule has 0 bridgehead atoms. The molecular weight excluding hydrogens is 448 g/mol. The molecule has 0 unspecified atom stereocenters. The van der Waals surface area contributed by atoms with Crippen LogP contribution >= 0.6 is 0 Å². The standard InChI is InChI=1S/C31H28N2O3/c1-3-25-19-33-28(18-13-21(2)30(33)32-25)29(36-20-22-9-5-4-6-10-22)24-16-14-23(15-17-24)26-11-7-8-12-27(26)31(34)35/h4-19,29H,3,20H2,1-2H3,(H,34,35)/t29-/m1/s1. The number of carbonyl (C=O) groups is 1. The normalized spacial score (nSPS) is 12.1. The fraction of sp³-hybridized carbons (Fsp3) is 0.161. The van der Waals surface area contributed by atoms with Crippen LogP contribution in [0.1, 0.15) is 51.5 Å². The van der Waals surface area contributed by atoms with Gasteiger partial charge < -0.3 is 14.2 Å². The molecule has 0 aliphatic heterocycles. The van der Waals surface area contributed by atoms with Gasteiger partial charge in [0.2, 0.25) is 0 Å². The average molecular weight is 477 g/mol. The Labute approximate surface area is 210 Å². The summed E-state index contributed by atoms with van der Waals surface area (Å²) in [4.78, 5) is 16.5. The maximum Gasteiger partial charge on any atom is 0.336 e. The molecule has 3 aromatic carbocycles. The van der Waals surface area contributed by atoms with Gasteiger partial charge in [0.05, 0.1) is 23.6 Å². The monoisotopic (exact) mass is 476 g/mol. The third-order valence-electron chi connectivity index (χ3n) is 6.46. The smallest absolute Gasteiger partial charge is 0.336 e. The van der Waals surface area contributed by atoms with Gasteiger partial charge in [0.25, 0.3) is 0 Å². The zero-order valence-electron chi connectivity index (χ0n) is 20.4. The van der Waals surface area contributed by atoms with Crippen molar-refractivity contribution in [2.75, 3.05) is 0 Å². The molecule has 2 heterocycles. The number of fused-ring (bicyclic) bond motifs is 1. The second-order valence-electron chi connectivity index (χ2n) is 8.87. The molecule has 180 valence electrons. The van der Waals surface area contributed by atoms with Crippen LogP contribution in [-0.4, -0.2) is 20.5 Å². The zero-order valence-corrected chi connectivity index (χ0v) is 20.4. The number of hydrogen-bond donors (Lipinski definition) is 1. The summed E-state index contributed by atoms with van der Waals surface area (Å²) in [5.74, 6) is -0.937. The average Bonchev–Trinajstić information content (AvgIpc) is 3.36. The molecular formula is C31H28N2O3. The summed E-state index contributed by atoms with van der Waals surface area (Å²) in [7, 11) is 0. The number of nitrogens with zero attached hydrogens (tertiary/aromatic N) is 2. The Morgan fingerprint density at radius 1 is 0.944 bits per heavy atom. The van der Waals surface area contributed by atoms with Crippen LogP contribution in [0.5, 0.6) is 0 Å². The molecule has 36 heavy (non-hydrogen) atoms. The number of rotatable bonds is 8. The summed E-state index contributed by atoms with van der Waals surface area (Å²) in [5.41, 5.74) is 7.99. The van der Waals surface area contributed by atoms with Gasteiger partial charge >= 0.3 is 5.97 Å². The van der Waals surface area contributed by atoms with Gasteiger partial charge in [-0.3, -0.25) is 0 Å². The van der Waals surface area contributed by atoms with Crippen molar-refractivity contribution >= 4 is 11.6 Å². The van der Waals surface area contributed by atoms with Crippen LogP contribution in [0, 0.1) is 6.92 Å². The van der Waals surface area contributed by atoms with Crippen molar-refractivity contribution in [3.63, 3.8) is 0 Å². The van der Waals surface area contributed by atoms with Gasteiger partial charge in [-0.05, 0) is 53.3 Å². The number of ether oxygens (including phenoxy) is 1. The first kappa shape index (κ1) is 23.5. The highest BCUT2D eigenvalue weighted by Gasteiger charge is 2.21. The van der Waals surface area contributed by atoms with Crippen LogP contribution in [0.3, 0.4) is 0 Å². The Kier molecular flexibility index (Phi) is 6.65. The molecule has 0 radical (unpaired) electrons. The van der Waals surface area contributed by atoms with Crippen molar-refractivity contribution in [1.82, 2.24) is 9.38 Å². The van der Waals surface area contributed by atoms with E-state index in [9.17, 15) is 9.90 Å². The van der Waals surface area contributed by atoms with E-state index in [1.807, 2.05) is 54.6 Å². The molecule has 1 atom stereocenters. The molecule has 1 N–H and O–H groups in total. The van der Waals surface area contributed by atoms with Crippen LogP contribution in [0.2, 0.25) is 0 Å². The highest BCUT2D eigenvalue weighted by Crippen LogP contribution is 2.32. The molecule has 2 aromatic heterocycles. The van der Waals surface area contributed by atoms with E-state index >= 15 is 0 Å². The zero-order chi connectivity index (χ0) is 25.1. The van der Waals surface area contributed by atoms with Crippen molar-refractivity contribution in [3.05, 3.63) is 131 Å². The lowest BCUT2D eigenvalue weighted by Gasteiger charge is -2.21. The molecule has 5 rings (SSSR count). The fourth-order valence-corrected chi connectivity index (χ4v) is 4.52. The van der Waals surface area contributed by atoms with Crippen LogP contribution in [0.25, 0.3) is 16.8 Å². The van der Waals surface area contributed by atoms with Gasteiger partial charge in [-0.15, -0.1) is 0 Å². The molecule has 0 saturated heterocycles. The van der Waals surface area contributed by atoms with Crippen molar-refractivity contribution in [3.8, 4) is 11.1 Å². The largest absolute Gasteiger partial charge is 0.478 e. The lowest BCUT2D eigenvalue weighted by molar-refractivity contribution is 0.0633. The van der Waals surface area contributed by atoms with Crippen LogP contribution in [0.4, 0.5) is 0 Å². The Bertz CT molecular complexity index is 1500. The number of aryl methyl sites for hydroxylation is 2. The molecule has 0 aliphatic rings. The first-order valence-electron chi connectivity index (χ1n) is 12.1. The molecule has 0 aliphatic carbocycles. The molecule has 5 aromatic rings. The third kappa shape index (κ3) is 4.66. The second kappa shape index (κ2) is 10.2. The van der Waals surface area contributed by atoms with Gasteiger partial charge in [0.1, 0.15) is 11.8 Å². The van der Waals surface area contributed by atoms with E-state index in [2.05, 4.69) is 48.7 Å². The molecule has 5 heteroatoms. The van der Waals surface area contributed by atoms with E-state index in [1.165, 1.54) is 0 Å². The maximum absolute atomic E-state index is 11.7. The number of hydrogen-bond acceptors (Lipinski definition) is 3. The molecule has 0 spiro atoms. The molecule has 0 saturated carbocycles.